The Morgan fingerprint density at radius 2 is 1.58 bits per heavy atom. The highest BCUT2D eigenvalue weighted by Crippen LogP contribution is 2.37. The number of unbranched alkanes of at least 4 members (excludes halogenated alkanes) is 3. The lowest BCUT2D eigenvalue weighted by Crippen LogP contribution is -2.40. The van der Waals surface area contributed by atoms with Gasteiger partial charge in [-0.2, -0.15) is 0 Å². The fraction of sp³-hybridized carbons (Fsp3) is 0.938. The molecular formula is C16H33NO2. The van der Waals surface area contributed by atoms with E-state index in [-0.39, 0.29) is 5.41 Å². The molecule has 0 aromatic rings. The molecule has 1 unspecified atom stereocenters. The summed E-state index contributed by atoms with van der Waals surface area (Å²) in [6, 6.07) is 0. The topological polar surface area (TPSA) is 52.8 Å². The minimum Gasteiger partial charge on any atom is -0.411 e. The number of nitrogens with zero attached hydrogens (tertiary/aromatic N) is 1. The lowest BCUT2D eigenvalue weighted by molar-refractivity contribution is 0.0538. The van der Waals surface area contributed by atoms with E-state index in [0.717, 1.165) is 51.4 Å². The van der Waals surface area contributed by atoms with Crippen molar-refractivity contribution in [2.75, 3.05) is 0 Å². The number of rotatable bonds is 11. The molecule has 0 spiro atoms. The zero-order chi connectivity index (χ0) is 14.7. The Labute approximate surface area is 119 Å². The molecule has 0 aliphatic carbocycles. The molecule has 0 aromatic carbocycles. The first kappa shape index (κ1) is 18.4. The molecule has 0 aromatic heterocycles. The van der Waals surface area contributed by atoms with Crippen LogP contribution in [0.5, 0.6) is 0 Å². The van der Waals surface area contributed by atoms with Crippen molar-refractivity contribution in [2.45, 2.75) is 91.6 Å². The Bertz CT molecular complexity index is 247. The second-order valence-electron chi connectivity index (χ2n) is 5.62. The summed E-state index contributed by atoms with van der Waals surface area (Å²) in [7, 11) is 0. The second kappa shape index (κ2) is 10.2. The van der Waals surface area contributed by atoms with E-state index in [1.54, 1.807) is 0 Å². The van der Waals surface area contributed by atoms with Gasteiger partial charge in [0.25, 0.3) is 0 Å². The second-order valence-corrected chi connectivity index (χ2v) is 5.62. The molecule has 0 rings (SSSR count). The van der Waals surface area contributed by atoms with Gasteiger partial charge in [0.05, 0.1) is 5.71 Å². The van der Waals surface area contributed by atoms with Crippen LogP contribution in [0.2, 0.25) is 0 Å². The van der Waals surface area contributed by atoms with Crippen molar-refractivity contribution in [1.82, 2.24) is 0 Å². The van der Waals surface area contributed by atoms with Crippen LogP contribution in [-0.4, -0.2) is 22.1 Å². The monoisotopic (exact) mass is 271 g/mol. The predicted molar refractivity (Wildman–Crippen MR) is 81.9 cm³/mol. The van der Waals surface area contributed by atoms with E-state index in [1.807, 2.05) is 0 Å². The average molecular weight is 271 g/mol. The Morgan fingerprint density at radius 3 is 2.00 bits per heavy atom. The quantitative estimate of drug-likeness (QED) is 0.246. The van der Waals surface area contributed by atoms with Crippen LogP contribution in [0.15, 0.2) is 5.16 Å². The molecule has 0 amide bonds. The average Bonchev–Trinajstić information content (AvgIpc) is 2.45. The van der Waals surface area contributed by atoms with E-state index >= 15 is 0 Å². The Morgan fingerprint density at radius 1 is 1.00 bits per heavy atom. The Kier molecular flexibility index (Phi) is 9.94. The SMILES string of the molecule is CCCCC/C(=N\O)C(O)C(CC)(CC)CCCC. The van der Waals surface area contributed by atoms with Gasteiger partial charge in [-0.25, -0.2) is 0 Å². The van der Waals surface area contributed by atoms with Gasteiger partial charge < -0.3 is 10.3 Å². The van der Waals surface area contributed by atoms with Crippen LogP contribution >= 0.6 is 0 Å². The number of aliphatic hydroxyl groups is 1. The van der Waals surface area contributed by atoms with Gasteiger partial charge >= 0.3 is 0 Å². The zero-order valence-corrected chi connectivity index (χ0v) is 13.3. The van der Waals surface area contributed by atoms with Gasteiger partial charge in [-0.3, -0.25) is 0 Å². The van der Waals surface area contributed by atoms with Crippen LogP contribution < -0.4 is 0 Å². The van der Waals surface area contributed by atoms with Crippen LogP contribution in [0.4, 0.5) is 0 Å². The molecule has 3 nitrogen and oxygen atoms in total. The number of hydrogen-bond acceptors (Lipinski definition) is 3. The van der Waals surface area contributed by atoms with E-state index < -0.39 is 6.10 Å². The summed E-state index contributed by atoms with van der Waals surface area (Å²) in [4.78, 5) is 0. The van der Waals surface area contributed by atoms with Crippen LogP contribution in [0.1, 0.15) is 85.5 Å². The van der Waals surface area contributed by atoms with Crippen molar-refractivity contribution in [3.63, 3.8) is 0 Å². The third-order valence-electron chi connectivity index (χ3n) is 4.50. The lowest BCUT2D eigenvalue weighted by atomic mass is 9.71. The molecule has 19 heavy (non-hydrogen) atoms. The molecule has 1 atom stereocenters. The fourth-order valence-electron chi connectivity index (χ4n) is 2.81. The van der Waals surface area contributed by atoms with Crippen molar-refractivity contribution in [2.24, 2.45) is 10.6 Å². The molecule has 0 aliphatic rings. The summed E-state index contributed by atoms with van der Waals surface area (Å²) in [5.41, 5.74) is 0.456. The van der Waals surface area contributed by atoms with Crippen LogP contribution in [0.25, 0.3) is 0 Å². The maximum atomic E-state index is 10.7. The maximum absolute atomic E-state index is 10.7. The summed E-state index contributed by atoms with van der Waals surface area (Å²) in [5.74, 6) is 0. The molecule has 0 fully saturated rings. The molecule has 2 N–H and O–H groups in total. The highest BCUT2D eigenvalue weighted by Gasteiger charge is 2.37. The van der Waals surface area contributed by atoms with Crippen molar-refractivity contribution >= 4 is 5.71 Å². The minimum absolute atomic E-state index is 0.121. The first-order valence-corrected chi connectivity index (χ1v) is 8.00. The van der Waals surface area contributed by atoms with Gasteiger partial charge in [-0.1, -0.05) is 58.5 Å². The van der Waals surface area contributed by atoms with E-state index in [9.17, 15) is 10.3 Å². The van der Waals surface area contributed by atoms with E-state index in [4.69, 9.17) is 0 Å². The van der Waals surface area contributed by atoms with Crippen molar-refractivity contribution in [3.8, 4) is 0 Å². The Balaban J connectivity index is 4.78. The predicted octanol–water partition coefficient (Wildman–Crippen LogP) is 4.75. The third-order valence-corrected chi connectivity index (χ3v) is 4.50. The molecule has 0 radical (unpaired) electrons. The summed E-state index contributed by atoms with van der Waals surface area (Å²) >= 11 is 0. The molecular weight excluding hydrogens is 238 g/mol. The van der Waals surface area contributed by atoms with Gasteiger partial charge in [-0.15, -0.1) is 0 Å². The fourth-order valence-corrected chi connectivity index (χ4v) is 2.81. The molecule has 0 saturated carbocycles. The number of aliphatic hydroxyl groups excluding tert-OH is 1. The largest absolute Gasteiger partial charge is 0.411 e. The molecule has 3 heteroatoms. The summed E-state index contributed by atoms with van der Waals surface area (Å²) < 4.78 is 0. The number of oxime groups is 1. The van der Waals surface area contributed by atoms with Gasteiger partial charge in [0, 0.05) is 5.41 Å². The van der Waals surface area contributed by atoms with E-state index in [1.165, 1.54) is 0 Å². The van der Waals surface area contributed by atoms with Crippen LogP contribution in [0, 0.1) is 5.41 Å². The summed E-state index contributed by atoms with van der Waals surface area (Å²) in [5, 5.41) is 23.3. The molecule has 114 valence electrons. The van der Waals surface area contributed by atoms with Crippen molar-refractivity contribution in [1.29, 1.82) is 0 Å². The van der Waals surface area contributed by atoms with Crippen LogP contribution in [0.3, 0.4) is 0 Å². The zero-order valence-electron chi connectivity index (χ0n) is 13.3. The number of hydrogen-bond donors (Lipinski definition) is 2. The minimum atomic E-state index is -0.601. The van der Waals surface area contributed by atoms with Crippen LogP contribution in [-0.2, 0) is 0 Å². The smallest absolute Gasteiger partial charge is 0.101 e. The maximum Gasteiger partial charge on any atom is 0.101 e. The van der Waals surface area contributed by atoms with E-state index in [2.05, 4.69) is 32.9 Å². The Hall–Kier alpha value is -0.570. The normalized spacial score (nSPS) is 14.7. The molecule has 0 bridgehead atoms. The summed E-state index contributed by atoms with van der Waals surface area (Å²) in [6.07, 6.45) is 8.46. The standard InChI is InChI=1S/C16H33NO2/c1-5-9-11-12-14(17-19)15(18)16(7-3,8-4)13-10-6-2/h15,18-19H,5-13H2,1-4H3/b17-14+. The molecule has 0 aliphatic heterocycles. The van der Waals surface area contributed by atoms with Gasteiger partial charge in [0.1, 0.15) is 6.10 Å². The highest BCUT2D eigenvalue weighted by molar-refractivity contribution is 5.88. The van der Waals surface area contributed by atoms with Gasteiger partial charge in [0.15, 0.2) is 0 Å². The van der Waals surface area contributed by atoms with E-state index in [0.29, 0.717) is 12.1 Å². The molecule has 0 saturated heterocycles. The van der Waals surface area contributed by atoms with Crippen molar-refractivity contribution < 1.29 is 10.3 Å². The van der Waals surface area contributed by atoms with Gasteiger partial charge in [0.2, 0.25) is 0 Å². The van der Waals surface area contributed by atoms with Gasteiger partial charge in [-0.05, 0) is 32.1 Å². The lowest BCUT2D eigenvalue weighted by Gasteiger charge is -2.37. The first-order chi connectivity index (χ1) is 9.11. The summed E-state index contributed by atoms with van der Waals surface area (Å²) in [6.45, 7) is 8.58. The molecule has 0 heterocycles. The first-order valence-electron chi connectivity index (χ1n) is 8.00. The van der Waals surface area contributed by atoms with Crippen molar-refractivity contribution in [3.05, 3.63) is 0 Å². The highest BCUT2D eigenvalue weighted by atomic mass is 16.4. The third kappa shape index (κ3) is 5.52.